The van der Waals surface area contributed by atoms with Crippen molar-refractivity contribution in [2.75, 3.05) is 18.1 Å². The lowest BCUT2D eigenvalue weighted by Crippen LogP contribution is -2.38. The molecule has 1 saturated heterocycles. The monoisotopic (exact) mass is 287 g/mol. The van der Waals surface area contributed by atoms with Gasteiger partial charge in [0.25, 0.3) is 0 Å². The number of aryl methyl sites for hydroxylation is 1. The van der Waals surface area contributed by atoms with Gasteiger partial charge >= 0.3 is 0 Å². The molecule has 2 unspecified atom stereocenters. The SMILES string of the molecule is CCCn1cncc1C(O)C1(CN)CCS(=O)(=O)C1. The number of rotatable bonds is 5. The molecule has 7 heteroatoms. The second-order valence-electron chi connectivity index (χ2n) is 5.32. The van der Waals surface area contributed by atoms with E-state index in [0.29, 0.717) is 12.1 Å². The van der Waals surface area contributed by atoms with Gasteiger partial charge in [0.1, 0.15) is 6.10 Å². The molecule has 108 valence electrons. The lowest BCUT2D eigenvalue weighted by atomic mass is 9.80. The fourth-order valence-electron chi connectivity index (χ4n) is 2.73. The van der Waals surface area contributed by atoms with Crippen molar-refractivity contribution in [1.29, 1.82) is 0 Å². The summed E-state index contributed by atoms with van der Waals surface area (Å²) in [7, 11) is -3.10. The number of nitrogens with zero attached hydrogens (tertiary/aromatic N) is 2. The number of hydrogen-bond acceptors (Lipinski definition) is 5. The minimum Gasteiger partial charge on any atom is -0.386 e. The highest BCUT2D eigenvalue weighted by Gasteiger charge is 2.47. The maximum absolute atomic E-state index is 11.7. The second-order valence-corrected chi connectivity index (χ2v) is 7.51. The summed E-state index contributed by atoms with van der Waals surface area (Å²) in [5.74, 6) is 0.0537. The van der Waals surface area contributed by atoms with Crippen LogP contribution in [0.15, 0.2) is 12.5 Å². The van der Waals surface area contributed by atoms with Crippen molar-refractivity contribution < 1.29 is 13.5 Å². The van der Waals surface area contributed by atoms with Gasteiger partial charge in [0.2, 0.25) is 0 Å². The lowest BCUT2D eigenvalue weighted by Gasteiger charge is -2.32. The van der Waals surface area contributed by atoms with Gasteiger partial charge in [0, 0.05) is 18.5 Å². The third-order valence-electron chi connectivity index (χ3n) is 3.89. The van der Waals surface area contributed by atoms with Crippen molar-refractivity contribution in [3.63, 3.8) is 0 Å². The summed E-state index contributed by atoms with van der Waals surface area (Å²) in [6.45, 7) is 2.94. The molecule has 19 heavy (non-hydrogen) atoms. The Hall–Kier alpha value is -0.920. The Balaban J connectivity index is 2.31. The summed E-state index contributed by atoms with van der Waals surface area (Å²) < 4.78 is 25.3. The predicted molar refractivity (Wildman–Crippen MR) is 72.2 cm³/mol. The summed E-state index contributed by atoms with van der Waals surface area (Å²) in [5, 5.41) is 10.6. The van der Waals surface area contributed by atoms with Gasteiger partial charge in [-0.2, -0.15) is 0 Å². The van der Waals surface area contributed by atoms with Gasteiger partial charge in [-0.25, -0.2) is 13.4 Å². The van der Waals surface area contributed by atoms with Crippen LogP contribution in [0.2, 0.25) is 0 Å². The average molecular weight is 287 g/mol. The first-order valence-electron chi connectivity index (χ1n) is 6.53. The maximum Gasteiger partial charge on any atom is 0.151 e. The van der Waals surface area contributed by atoms with Crippen LogP contribution < -0.4 is 5.73 Å². The first kappa shape index (κ1) is 14.5. The lowest BCUT2D eigenvalue weighted by molar-refractivity contribution is 0.0406. The van der Waals surface area contributed by atoms with Gasteiger partial charge in [0.15, 0.2) is 9.84 Å². The van der Waals surface area contributed by atoms with E-state index in [9.17, 15) is 13.5 Å². The molecule has 2 atom stereocenters. The molecule has 1 aromatic heterocycles. The highest BCUT2D eigenvalue weighted by Crippen LogP contribution is 2.42. The molecule has 0 saturated carbocycles. The summed E-state index contributed by atoms with van der Waals surface area (Å²) in [6.07, 6.45) is 3.70. The standard InChI is InChI=1S/C12H21N3O3S/c1-2-4-15-9-14-6-10(15)11(16)12(7-13)3-5-19(17,18)8-12/h6,9,11,16H,2-5,7-8,13H2,1H3. The summed E-state index contributed by atoms with van der Waals surface area (Å²) in [5.41, 5.74) is 5.65. The molecule has 0 spiro atoms. The molecular formula is C12H21N3O3S. The van der Waals surface area contributed by atoms with Crippen molar-refractivity contribution in [2.24, 2.45) is 11.1 Å². The van der Waals surface area contributed by atoms with Crippen LogP contribution in [0.5, 0.6) is 0 Å². The third-order valence-corrected chi connectivity index (χ3v) is 5.73. The van der Waals surface area contributed by atoms with E-state index in [2.05, 4.69) is 4.98 Å². The van der Waals surface area contributed by atoms with E-state index >= 15 is 0 Å². The summed E-state index contributed by atoms with van der Waals surface area (Å²) in [4.78, 5) is 4.05. The van der Waals surface area contributed by atoms with Crippen LogP contribution in [0.25, 0.3) is 0 Å². The second kappa shape index (κ2) is 5.22. The minimum absolute atomic E-state index is 0.0467. The largest absolute Gasteiger partial charge is 0.386 e. The van der Waals surface area contributed by atoms with Crippen LogP contribution in [-0.2, 0) is 16.4 Å². The van der Waals surface area contributed by atoms with Crippen LogP contribution in [0.4, 0.5) is 0 Å². The van der Waals surface area contributed by atoms with E-state index in [0.717, 1.165) is 13.0 Å². The zero-order valence-electron chi connectivity index (χ0n) is 11.1. The van der Waals surface area contributed by atoms with E-state index < -0.39 is 21.4 Å². The minimum atomic E-state index is -3.10. The Kier molecular flexibility index (Phi) is 3.98. The van der Waals surface area contributed by atoms with E-state index in [1.165, 1.54) is 0 Å². The molecule has 1 aliphatic heterocycles. The van der Waals surface area contributed by atoms with Gasteiger partial charge in [-0.05, 0) is 12.8 Å². The van der Waals surface area contributed by atoms with Crippen molar-refractivity contribution in [2.45, 2.75) is 32.4 Å². The van der Waals surface area contributed by atoms with Gasteiger partial charge in [-0.15, -0.1) is 0 Å². The number of nitrogens with two attached hydrogens (primary N) is 1. The first-order valence-corrected chi connectivity index (χ1v) is 8.35. The highest BCUT2D eigenvalue weighted by molar-refractivity contribution is 7.91. The van der Waals surface area contributed by atoms with Gasteiger partial charge in [-0.3, -0.25) is 0 Å². The van der Waals surface area contributed by atoms with E-state index in [1.54, 1.807) is 12.5 Å². The topological polar surface area (TPSA) is 98.2 Å². The number of aliphatic hydroxyl groups is 1. The quantitative estimate of drug-likeness (QED) is 0.800. The van der Waals surface area contributed by atoms with E-state index in [4.69, 9.17) is 5.73 Å². The molecule has 6 nitrogen and oxygen atoms in total. The highest BCUT2D eigenvalue weighted by atomic mass is 32.2. The fourth-order valence-corrected chi connectivity index (χ4v) is 4.89. The van der Waals surface area contributed by atoms with E-state index in [-0.39, 0.29) is 18.1 Å². The van der Waals surface area contributed by atoms with Crippen molar-refractivity contribution >= 4 is 9.84 Å². The Morgan fingerprint density at radius 1 is 1.63 bits per heavy atom. The van der Waals surface area contributed by atoms with Gasteiger partial charge < -0.3 is 15.4 Å². The number of sulfone groups is 1. The van der Waals surface area contributed by atoms with Crippen molar-refractivity contribution in [3.8, 4) is 0 Å². The number of imidazole rings is 1. The van der Waals surface area contributed by atoms with E-state index in [1.807, 2.05) is 11.5 Å². The molecule has 1 fully saturated rings. The van der Waals surface area contributed by atoms with Crippen LogP contribution in [-0.4, -0.2) is 41.1 Å². The van der Waals surface area contributed by atoms with Gasteiger partial charge in [0.05, 0.1) is 29.7 Å². The Labute approximate surface area is 113 Å². The molecule has 0 radical (unpaired) electrons. The fraction of sp³-hybridized carbons (Fsp3) is 0.750. The number of aliphatic hydroxyl groups excluding tert-OH is 1. The molecule has 0 amide bonds. The molecule has 2 rings (SSSR count). The molecule has 2 heterocycles. The van der Waals surface area contributed by atoms with Crippen LogP contribution in [0.3, 0.4) is 0 Å². The zero-order chi connectivity index (χ0) is 14.1. The predicted octanol–water partition coefficient (Wildman–Crippen LogP) is 0.0901. The first-order chi connectivity index (χ1) is 8.94. The normalized spacial score (nSPS) is 27.5. The van der Waals surface area contributed by atoms with Crippen LogP contribution in [0, 0.1) is 5.41 Å². The Morgan fingerprint density at radius 2 is 2.37 bits per heavy atom. The average Bonchev–Trinajstić information content (AvgIpc) is 2.94. The molecule has 0 aliphatic carbocycles. The maximum atomic E-state index is 11.7. The Bertz CT molecular complexity index is 540. The van der Waals surface area contributed by atoms with Crippen LogP contribution in [0.1, 0.15) is 31.6 Å². The number of aromatic nitrogens is 2. The zero-order valence-corrected chi connectivity index (χ0v) is 11.9. The van der Waals surface area contributed by atoms with Gasteiger partial charge in [-0.1, -0.05) is 6.92 Å². The van der Waals surface area contributed by atoms with Crippen LogP contribution >= 0.6 is 0 Å². The Morgan fingerprint density at radius 3 is 2.89 bits per heavy atom. The molecule has 1 aliphatic rings. The smallest absolute Gasteiger partial charge is 0.151 e. The van der Waals surface area contributed by atoms with Crippen molar-refractivity contribution in [3.05, 3.63) is 18.2 Å². The third kappa shape index (κ3) is 2.68. The molecular weight excluding hydrogens is 266 g/mol. The summed E-state index contributed by atoms with van der Waals surface area (Å²) >= 11 is 0. The summed E-state index contributed by atoms with van der Waals surface area (Å²) in [6, 6.07) is 0. The molecule has 0 bridgehead atoms. The molecule has 3 N–H and O–H groups in total. The number of hydrogen-bond donors (Lipinski definition) is 2. The molecule has 1 aromatic rings. The molecule has 0 aromatic carbocycles. The van der Waals surface area contributed by atoms with Crippen molar-refractivity contribution in [1.82, 2.24) is 9.55 Å².